The average Bonchev–Trinajstić information content (AvgIpc) is 2.26. The lowest BCUT2D eigenvalue weighted by Gasteiger charge is -2.25. The number of methoxy groups -OCH3 is 1. The number of rotatable bonds is 5. The van der Waals surface area contributed by atoms with Gasteiger partial charge in [0.1, 0.15) is 5.75 Å². The highest BCUT2D eigenvalue weighted by Crippen LogP contribution is 2.38. The maximum absolute atomic E-state index is 12.0. The molecule has 5 heteroatoms. The average molecular weight is 299 g/mol. The van der Waals surface area contributed by atoms with E-state index >= 15 is 0 Å². The summed E-state index contributed by atoms with van der Waals surface area (Å²) in [4.78, 5) is 0. The van der Waals surface area contributed by atoms with Crippen LogP contribution in [0.2, 0.25) is 0 Å². The summed E-state index contributed by atoms with van der Waals surface area (Å²) in [5, 5.41) is 0. The summed E-state index contributed by atoms with van der Waals surface area (Å²) in [6.07, 6.45) is 0.579. The van der Waals surface area contributed by atoms with Crippen molar-refractivity contribution in [2.24, 2.45) is 0 Å². The van der Waals surface area contributed by atoms with Gasteiger partial charge in [0.15, 0.2) is 0 Å². The van der Waals surface area contributed by atoms with Crippen molar-refractivity contribution < 1.29 is 13.2 Å². The fourth-order valence-corrected chi connectivity index (χ4v) is 3.24. The molecule has 0 unspecified atom stereocenters. The van der Waals surface area contributed by atoms with Crippen LogP contribution in [0.15, 0.2) is 12.1 Å². The van der Waals surface area contributed by atoms with Crippen molar-refractivity contribution in [2.45, 2.75) is 46.5 Å². The van der Waals surface area contributed by atoms with Crippen LogP contribution in [-0.4, -0.2) is 21.3 Å². The summed E-state index contributed by atoms with van der Waals surface area (Å²) in [5.74, 6) is 0.706. The molecule has 0 bridgehead atoms. The number of sulfonamides is 1. The van der Waals surface area contributed by atoms with Crippen molar-refractivity contribution in [1.82, 2.24) is 0 Å². The van der Waals surface area contributed by atoms with E-state index in [-0.39, 0.29) is 11.2 Å². The highest BCUT2D eigenvalue weighted by molar-refractivity contribution is 7.92. The molecule has 20 heavy (non-hydrogen) atoms. The van der Waals surface area contributed by atoms with Crippen molar-refractivity contribution >= 4 is 15.7 Å². The van der Waals surface area contributed by atoms with Gasteiger partial charge in [-0.15, -0.1) is 0 Å². The van der Waals surface area contributed by atoms with E-state index in [9.17, 15) is 8.42 Å². The topological polar surface area (TPSA) is 55.4 Å². The monoisotopic (exact) mass is 299 g/mol. The number of hydrogen-bond donors (Lipinski definition) is 1. The number of ether oxygens (including phenoxy) is 1. The fourth-order valence-electron chi connectivity index (χ4n) is 2.11. The van der Waals surface area contributed by atoms with Gasteiger partial charge >= 0.3 is 0 Å². The van der Waals surface area contributed by atoms with E-state index in [0.717, 1.165) is 11.1 Å². The third kappa shape index (κ3) is 4.13. The molecule has 0 spiro atoms. The second-order valence-electron chi connectivity index (χ2n) is 6.06. The molecule has 0 aliphatic heterocycles. The molecule has 1 aromatic carbocycles. The third-order valence-electron chi connectivity index (χ3n) is 2.98. The molecule has 0 amide bonds. The molecule has 4 nitrogen and oxygen atoms in total. The van der Waals surface area contributed by atoms with E-state index in [0.29, 0.717) is 17.9 Å². The van der Waals surface area contributed by atoms with Crippen LogP contribution in [-0.2, 0) is 15.4 Å². The zero-order valence-electron chi connectivity index (χ0n) is 13.2. The molecule has 114 valence electrons. The van der Waals surface area contributed by atoms with Gasteiger partial charge in [0.2, 0.25) is 10.0 Å². The van der Waals surface area contributed by atoms with Crippen molar-refractivity contribution in [3.05, 3.63) is 23.3 Å². The van der Waals surface area contributed by atoms with Gasteiger partial charge in [0.25, 0.3) is 0 Å². The lowest BCUT2D eigenvalue weighted by molar-refractivity contribution is 0.399. The number of aryl methyl sites for hydroxylation is 1. The molecule has 0 aromatic heterocycles. The molecule has 0 heterocycles. The van der Waals surface area contributed by atoms with Gasteiger partial charge in [-0.3, -0.25) is 4.72 Å². The lowest BCUT2D eigenvalue weighted by atomic mass is 9.85. The Balaban J connectivity index is 3.37. The zero-order chi connectivity index (χ0) is 15.6. The van der Waals surface area contributed by atoms with Gasteiger partial charge in [-0.25, -0.2) is 8.42 Å². The summed E-state index contributed by atoms with van der Waals surface area (Å²) >= 11 is 0. The van der Waals surface area contributed by atoms with E-state index in [2.05, 4.69) is 25.5 Å². The molecule has 1 aromatic rings. The molecule has 0 aliphatic carbocycles. The summed E-state index contributed by atoms with van der Waals surface area (Å²) in [6.45, 7) is 10.0. The van der Waals surface area contributed by atoms with Crippen molar-refractivity contribution in [3.8, 4) is 5.75 Å². The molecule has 0 fully saturated rings. The molecule has 0 saturated carbocycles. The molecule has 0 atom stereocenters. The molecular weight excluding hydrogens is 274 g/mol. The van der Waals surface area contributed by atoms with Crippen molar-refractivity contribution in [3.63, 3.8) is 0 Å². The highest BCUT2D eigenvalue weighted by Gasteiger charge is 2.23. The standard InChI is InChI=1S/C15H25NO3S/c1-7-8-20(17,18)16-13-10-11(2)9-12(14(13)19-6)15(3,4)5/h9-10,16H,7-8H2,1-6H3. The summed E-state index contributed by atoms with van der Waals surface area (Å²) in [7, 11) is -1.76. The van der Waals surface area contributed by atoms with E-state index < -0.39 is 10.0 Å². The van der Waals surface area contributed by atoms with E-state index in [1.54, 1.807) is 13.2 Å². The normalized spacial score (nSPS) is 12.3. The molecular formula is C15H25NO3S. The first-order valence-corrected chi connectivity index (χ1v) is 8.45. The van der Waals surface area contributed by atoms with Gasteiger partial charge in [-0.05, 0) is 30.4 Å². The second kappa shape index (κ2) is 6.04. The summed E-state index contributed by atoms with van der Waals surface area (Å²) in [6, 6.07) is 3.84. The summed E-state index contributed by atoms with van der Waals surface area (Å²) in [5.41, 5.74) is 2.40. The second-order valence-corrected chi connectivity index (χ2v) is 7.91. The predicted molar refractivity (Wildman–Crippen MR) is 84.1 cm³/mol. The van der Waals surface area contributed by atoms with Crippen LogP contribution >= 0.6 is 0 Å². The number of nitrogens with one attached hydrogen (secondary N) is 1. The smallest absolute Gasteiger partial charge is 0.232 e. The lowest BCUT2D eigenvalue weighted by Crippen LogP contribution is -2.19. The van der Waals surface area contributed by atoms with Gasteiger partial charge in [0.05, 0.1) is 18.6 Å². The number of benzene rings is 1. The van der Waals surface area contributed by atoms with Gasteiger partial charge < -0.3 is 4.74 Å². The van der Waals surface area contributed by atoms with E-state index in [4.69, 9.17) is 4.74 Å². The maximum atomic E-state index is 12.0. The molecule has 1 N–H and O–H groups in total. The Morgan fingerprint density at radius 3 is 2.30 bits per heavy atom. The Bertz CT molecular complexity index is 572. The van der Waals surface area contributed by atoms with Crippen molar-refractivity contribution in [1.29, 1.82) is 0 Å². The Labute approximate surface area is 122 Å². The third-order valence-corrected chi connectivity index (χ3v) is 4.46. The maximum Gasteiger partial charge on any atom is 0.232 e. The fraction of sp³-hybridized carbons (Fsp3) is 0.600. The largest absolute Gasteiger partial charge is 0.494 e. The van der Waals surface area contributed by atoms with Crippen LogP contribution < -0.4 is 9.46 Å². The van der Waals surface area contributed by atoms with Crippen LogP contribution in [0.4, 0.5) is 5.69 Å². The minimum Gasteiger partial charge on any atom is -0.494 e. The summed E-state index contributed by atoms with van der Waals surface area (Å²) < 4.78 is 32.0. The SMILES string of the molecule is CCCS(=O)(=O)Nc1cc(C)cc(C(C)(C)C)c1OC. The van der Waals surface area contributed by atoms with Gasteiger partial charge in [-0.1, -0.05) is 33.8 Å². The van der Waals surface area contributed by atoms with Crippen molar-refractivity contribution in [2.75, 3.05) is 17.6 Å². The minimum atomic E-state index is -3.33. The molecule has 0 radical (unpaired) electrons. The van der Waals surface area contributed by atoms with Gasteiger partial charge in [-0.2, -0.15) is 0 Å². The Morgan fingerprint density at radius 1 is 1.25 bits per heavy atom. The first-order chi connectivity index (χ1) is 9.10. The molecule has 0 saturated heterocycles. The Kier molecular flexibility index (Phi) is 5.08. The minimum absolute atomic E-state index is 0.106. The quantitative estimate of drug-likeness (QED) is 0.906. The van der Waals surface area contributed by atoms with Gasteiger partial charge in [0, 0.05) is 5.56 Å². The Hall–Kier alpha value is -1.23. The number of hydrogen-bond acceptors (Lipinski definition) is 3. The van der Waals surface area contributed by atoms with Crippen LogP contribution in [0.3, 0.4) is 0 Å². The molecule has 1 rings (SSSR count). The Morgan fingerprint density at radius 2 is 1.85 bits per heavy atom. The number of anilines is 1. The zero-order valence-corrected chi connectivity index (χ0v) is 14.0. The first-order valence-electron chi connectivity index (χ1n) is 6.80. The molecule has 0 aliphatic rings. The predicted octanol–water partition coefficient (Wildman–Crippen LogP) is 3.45. The van der Waals surface area contributed by atoms with Crippen LogP contribution in [0, 0.1) is 6.92 Å². The first kappa shape index (κ1) is 16.8. The highest BCUT2D eigenvalue weighted by atomic mass is 32.2. The van der Waals surface area contributed by atoms with E-state index in [1.807, 2.05) is 19.9 Å². The van der Waals surface area contributed by atoms with E-state index in [1.165, 1.54) is 0 Å². The van der Waals surface area contributed by atoms with Crippen LogP contribution in [0.1, 0.15) is 45.2 Å². The van der Waals surface area contributed by atoms with Crippen LogP contribution in [0.25, 0.3) is 0 Å². The van der Waals surface area contributed by atoms with Crippen LogP contribution in [0.5, 0.6) is 5.75 Å².